The molecule has 6 nitrogen and oxygen atoms in total. The first kappa shape index (κ1) is 18.0. The van der Waals surface area contributed by atoms with Crippen molar-refractivity contribution >= 4 is 21.4 Å². The highest BCUT2D eigenvalue weighted by Gasteiger charge is 2.25. The molecule has 0 atom stereocenters. The molecule has 0 bridgehead atoms. The molecule has 0 amide bonds. The lowest BCUT2D eigenvalue weighted by Crippen LogP contribution is -2.43. The molecule has 2 N–H and O–H groups in total. The quantitative estimate of drug-likeness (QED) is 0.830. The molecule has 0 saturated carbocycles. The molecule has 9 heteroatoms. The van der Waals surface area contributed by atoms with E-state index in [4.69, 9.17) is 4.74 Å². The molecular formula is C18H19F2N3O3S. The maximum Gasteiger partial charge on any atom is 0.264 e. The molecule has 0 aromatic heterocycles. The van der Waals surface area contributed by atoms with Crippen LogP contribution in [-0.4, -0.2) is 41.2 Å². The monoisotopic (exact) mass is 395 g/mol. The van der Waals surface area contributed by atoms with Crippen molar-refractivity contribution in [3.63, 3.8) is 0 Å². The van der Waals surface area contributed by atoms with E-state index in [9.17, 15) is 17.2 Å². The van der Waals surface area contributed by atoms with Gasteiger partial charge >= 0.3 is 0 Å². The van der Waals surface area contributed by atoms with Crippen LogP contribution in [0.3, 0.4) is 0 Å². The van der Waals surface area contributed by atoms with Crippen LogP contribution in [0, 0.1) is 11.6 Å². The topological polar surface area (TPSA) is 70.7 Å². The first-order valence-corrected chi connectivity index (χ1v) is 10.2. The number of rotatable bonds is 4. The van der Waals surface area contributed by atoms with Crippen molar-refractivity contribution in [1.82, 2.24) is 5.32 Å². The van der Waals surface area contributed by atoms with Crippen LogP contribution in [0.2, 0.25) is 0 Å². The van der Waals surface area contributed by atoms with E-state index < -0.39 is 26.6 Å². The molecule has 0 aliphatic carbocycles. The normalized spacial score (nSPS) is 16.7. The van der Waals surface area contributed by atoms with Gasteiger partial charge in [-0.25, -0.2) is 17.2 Å². The second-order valence-corrected chi connectivity index (χ2v) is 8.15. The van der Waals surface area contributed by atoms with Crippen molar-refractivity contribution in [2.24, 2.45) is 0 Å². The third-order valence-corrected chi connectivity index (χ3v) is 6.05. The lowest BCUT2D eigenvalue weighted by Gasteiger charge is -2.31. The largest absolute Gasteiger partial charge is 0.491 e. The minimum absolute atomic E-state index is 0.302. The summed E-state index contributed by atoms with van der Waals surface area (Å²) in [5.74, 6) is -1.06. The fourth-order valence-corrected chi connectivity index (χ4v) is 4.51. The predicted octanol–water partition coefficient (Wildman–Crippen LogP) is 2.11. The molecule has 4 rings (SSSR count). The molecule has 1 fully saturated rings. The lowest BCUT2D eigenvalue weighted by molar-refractivity contribution is 0.356. The van der Waals surface area contributed by atoms with Gasteiger partial charge in [0.15, 0.2) is 0 Å². The average Bonchev–Trinajstić information content (AvgIpc) is 3.12. The molecule has 0 spiro atoms. The maximum atomic E-state index is 13.9. The number of ether oxygens (including phenoxy) is 1. The molecule has 27 heavy (non-hydrogen) atoms. The highest BCUT2D eigenvalue weighted by molar-refractivity contribution is 7.92. The van der Waals surface area contributed by atoms with E-state index in [1.54, 1.807) is 12.1 Å². The number of anilines is 2. The van der Waals surface area contributed by atoms with E-state index >= 15 is 0 Å². The lowest BCUT2D eigenvalue weighted by atomic mass is 10.1. The minimum atomic E-state index is -4.27. The third kappa shape index (κ3) is 3.57. The summed E-state index contributed by atoms with van der Waals surface area (Å²) in [4.78, 5) is 1.41. The number of sulfonamides is 1. The van der Waals surface area contributed by atoms with Crippen molar-refractivity contribution in [1.29, 1.82) is 0 Å². The Bertz CT molecular complexity index is 976. The summed E-state index contributed by atoms with van der Waals surface area (Å²) >= 11 is 0. The van der Waals surface area contributed by atoms with Gasteiger partial charge in [0.2, 0.25) is 0 Å². The number of nitrogens with one attached hydrogen (secondary N) is 2. The van der Waals surface area contributed by atoms with E-state index in [0.29, 0.717) is 24.8 Å². The molecule has 0 radical (unpaired) electrons. The number of piperazine rings is 1. The van der Waals surface area contributed by atoms with Crippen LogP contribution in [0.5, 0.6) is 5.75 Å². The number of benzene rings is 2. The van der Waals surface area contributed by atoms with Gasteiger partial charge in [-0.15, -0.1) is 0 Å². The minimum Gasteiger partial charge on any atom is -0.491 e. The Morgan fingerprint density at radius 2 is 1.89 bits per heavy atom. The Morgan fingerprint density at radius 1 is 1.11 bits per heavy atom. The molecule has 2 aliphatic heterocycles. The van der Waals surface area contributed by atoms with E-state index in [2.05, 4.69) is 14.9 Å². The van der Waals surface area contributed by atoms with Crippen LogP contribution < -0.4 is 19.7 Å². The summed E-state index contributed by atoms with van der Waals surface area (Å²) in [6.45, 7) is 3.71. The zero-order valence-corrected chi connectivity index (χ0v) is 15.3. The van der Waals surface area contributed by atoms with Crippen LogP contribution in [0.1, 0.15) is 5.56 Å². The van der Waals surface area contributed by atoms with Gasteiger partial charge in [-0.3, -0.25) is 4.72 Å². The molecule has 2 heterocycles. The molecule has 2 aromatic rings. The van der Waals surface area contributed by atoms with Crippen LogP contribution in [0.25, 0.3) is 0 Å². The number of nitrogens with zero attached hydrogens (tertiary/aromatic N) is 1. The Morgan fingerprint density at radius 3 is 2.67 bits per heavy atom. The SMILES string of the molecule is O=S(=O)(Nc1cc2c(c(N3CCNCC3)c1)OCC2)c1cc(F)ccc1F. The molecule has 0 unspecified atom stereocenters. The Labute approximate surface area is 156 Å². The van der Waals surface area contributed by atoms with Gasteiger partial charge in [0.25, 0.3) is 10.0 Å². The van der Waals surface area contributed by atoms with E-state index in [-0.39, 0.29) is 0 Å². The number of hydrogen-bond acceptors (Lipinski definition) is 5. The summed E-state index contributed by atoms with van der Waals surface area (Å²) in [7, 11) is -4.27. The van der Waals surface area contributed by atoms with Crippen molar-refractivity contribution in [2.45, 2.75) is 11.3 Å². The molecule has 1 saturated heterocycles. The fourth-order valence-electron chi connectivity index (χ4n) is 3.38. The van der Waals surface area contributed by atoms with Crippen molar-refractivity contribution in [3.05, 3.63) is 47.5 Å². The van der Waals surface area contributed by atoms with Gasteiger partial charge in [0, 0.05) is 38.2 Å². The summed E-state index contributed by atoms with van der Waals surface area (Å²) in [5, 5.41) is 3.27. The standard InChI is InChI=1S/C18H19F2N3O3S/c19-13-1-2-15(20)17(10-13)27(24,25)22-14-9-12-3-8-26-18(12)16(11-14)23-6-4-21-5-7-23/h1-2,9-11,21-22H,3-8H2. The van der Waals surface area contributed by atoms with Crippen LogP contribution in [-0.2, 0) is 16.4 Å². The summed E-state index contributed by atoms with van der Waals surface area (Å²) in [5.41, 5.74) is 2.00. The van der Waals surface area contributed by atoms with Crippen LogP contribution >= 0.6 is 0 Å². The van der Waals surface area contributed by atoms with Crippen molar-refractivity contribution in [2.75, 3.05) is 42.4 Å². The van der Waals surface area contributed by atoms with Gasteiger partial charge < -0.3 is 15.0 Å². The van der Waals surface area contributed by atoms with Crippen molar-refractivity contribution in [3.8, 4) is 5.75 Å². The number of hydrogen-bond donors (Lipinski definition) is 2. The van der Waals surface area contributed by atoms with E-state index in [1.807, 2.05) is 0 Å². The summed E-state index contributed by atoms with van der Waals surface area (Å²) < 4.78 is 60.6. The van der Waals surface area contributed by atoms with Gasteiger partial charge in [0.1, 0.15) is 22.3 Å². The highest BCUT2D eigenvalue weighted by atomic mass is 32.2. The molecule has 2 aliphatic rings. The fraction of sp³-hybridized carbons (Fsp3) is 0.333. The second-order valence-electron chi connectivity index (χ2n) is 6.50. The Hall–Kier alpha value is -2.39. The van der Waals surface area contributed by atoms with Gasteiger partial charge in [-0.2, -0.15) is 0 Å². The number of halogens is 2. The third-order valence-electron chi connectivity index (χ3n) is 4.66. The maximum absolute atomic E-state index is 13.9. The smallest absolute Gasteiger partial charge is 0.264 e. The Kier molecular flexibility index (Phi) is 4.65. The second kappa shape index (κ2) is 6.97. The molecule has 2 aromatic carbocycles. The molecule has 144 valence electrons. The van der Waals surface area contributed by atoms with Gasteiger partial charge in [-0.05, 0) is 30.3 Å². The first-order chi connectivity index (χ1) is 12.9. The Balaban J connectivity index is 1.71. The number of fused-ring (bicyclic) bond motifs is 1. The van der Waals surface area contributed by atoms with Gasteiger partial charge in [0.05, 0.1) is 18.0 Å². The van der Waals surface area contributed by atoms with Gasteiger partial charge in [-0.1, -0.05) is 0 Å². The van der Waals surface area contributed by atoms with Crippen LogP contribution in [0.15, 0.2) is 35.2 Å². The van der Waals surface area contributed by atoms with Crippen molar-refractivity contribution < 1.29 is 21.9 Å². The van der Waals surface area contributed by atoms with E-state index in [1.165, 1.54) is 0 Å². The molecular weight excluding hydrogens is 376 g/mol. The summed E-state index contributed by atoms with van der Waals surface area (Å²) in [6.07, 6.45) is 0.665. The zero-order valence-electron chi connectivity index (χ0n) is 14.5. The highest BCUT2D eigenvalue weighted by Crippen LogP contribution is 2.39. The van der Waals surface area contributed by atoms with Crippen LogP contribution in [0.4, 0.5) is 20.2 Å². The average molecular weight is 395 g/mol. The summed E-state index contributed by atoms with van der Waals surface area (Å²) in [6, 6.07) is 5.72. The zero-order chi connectivity index (χ0) is 19.0. The first-order valence-electron chi connectivity index (χ1n) is 8.67. The van der Waals surface area contributed by atoms with E-state index in [0.717, 1.165) is 55.3 Å². The predicted molar refractivity (Wildman–Crippen MR) is 97.9 cm³/mol.